The second-order valence-corrected chi connectivity index (χ2v) is 7.28. The van der Waals surface area contributed by atoms with E-state index in [1.54, 1.807) is 6.08 Å². The number of nitrogens with zero attached hydrogens (tertiary/aromatic N) is 3. The van der Waals surface area contributed by atoms with E-state index in [-0.39, 0.29) is 31.2 Å². The van der Waals surface area contributed by atoms with E-state index in [0.717, 1.165) is 25.9 Å². The molecule has 2 heterocycles. The first kappa shape index (κ1) is 17.4. The molecule has 0 spiro atoms. The molecule has 0 bridgehead atoms. The maximum atomic E-state index is 12.4. The van der Waals surface area contributed by atoms with Crippen molar-refractivity contribution >= 4 is 50.0 Å². The van der Waals surface area contributed by atoms with Crippen LogP contribution in [-0.4, -0.2) is 33.7 Å². The predicted molar refractivity (Wildman–Crippen MR) is 104 cm³/mol. The van der Waals surface area contributed by atoms with Crippen molar-refractivity contribution in [2.24, 2.45) is 4.99 Å². The summed E-state index contributed by atoms with van der Waals surface area (Å²) in [5, 5.41) is 2.21. The molecule has 1 saturated heterocycles. The number of hydrogen-bond donors (Lipinski definition) is 0. The standard InChI is InChI=1S/C20H17N3O3S/c1-2-11-22-15-8-7-13-5-3-4-6-14(13)19(15)27-20(22)21-16(24)12-23-17(25)9-10-18(23)26/h2-8H,1,9-12H2. The molecule has 136 valence electrons. The molecule has 7 heteroatoms. The lowest BCUT2D eigenvalue weighted by Gasteiger charge is -2.10. The maximum Gasteiger partial charge on any atom is 0.268 e. The Morgan fingerprint density at radius 1 is 1.15 bits per heavy atom. The summed E-state index contributed by atoms with van der Waals surface area (Å²) in [5.74, 6) is -1.14. The van der Waals surface area contributed by atoms with E-state index in [1.165, 1.54) is 11.3 Å². The quantitative estimate of drug-likeness (QED) is 0.517. The number of benzene rings is 2. The summed E-state index contributed by atoms with van der Waals surface area (Å²) in [6, 6.07) is 12.1. The van der Waals surface area contributed by atoms with Gasteiger partial charge in [0.15, 0.2) is 4.80 Å². The van der Waals surface area contributed by atoms with Crippen molar-refractivity contribution < 1.29 is 14.4 Å². The third-order valence-electron chi connectivity index (χ3n) is 4.55. The Bertz CT molecular complexity index is 1160. The fourth-order valence-electron chi connectivity index (χ4n) is 3.27. The van der Waals surface area contributed by atoms with Crippen LogP contribution in [-0.2, 0) is 20.9 Å². The third-order valence-corrected chi connectivity index (χ3v) is 5.68. The lowest BCUT2D eigenvalue weighted by atomic mass is 10.1. The molecule has 0 aliphatic carbocycles. The Hall–Kier alpha value is -3.06. The normalized spacial score (nSPS) is 15.3. The molecule has 1 aliphatic heterocycles. The van der Waals surface area contributed by atoms with Gasteiger partial charge in [-0.3, -0.25) is 19.3 Å². The number of likely N-dealkylation sites (tertiary alicyclic amines) is 1. The minimum atomic E-state index is -0.507. The summed E-state index contributed by atoms with van der Waals surface area (Å²) in [6.45, 7) is 3.99. The fraction of sp³-hybridized carbons (Fsp3) is 0.200. The molecule has 1 fully saturated rings. The van der Waals surface area contributed by atoms with Crippen molar-refractivity contribution in [1.29, 1.82) is 0 Å². The highest BCUT2D eigenvalue weighted by Crippen LogP contribution is 2.27. The highest BCUT2D eigenvalue weighted by Gasteiger charge is 2.30. The molecule has 4 rings (SSSR count). The average molecular weight is 379 g/mol. The van der Waals surface area contributed by atoms with Gasteiger partial charge in [0, 0.05) is 24.8 Å². The van der Waals surface area contributed by atoms with Crippen LogP contribution >= 0.6 is 11.3 Å². The van der Waals surface area contributed by atoms with Crippen LogP contribution in [0.1, 0.15) is 12.8 Å². The van der Waals surface area contributed by atoms with Crippen LogP contribution in [0, 0.1) is 0 Å². The van der Waals surface area contributed by atoms with Crippen LogP contribution in [0.3, 0.4) is 0 Å². The first-order chi connectivity index (χ1) is 13.1. The molecule has 3 amide bonds. The third kappa shape index (κ3) is 3.10. The fourth-order valence-corrected chi connectivity index (χ4v) is 4.46. The lowest BCUT2D eigenvalue weighted by Crippen LogP contribution is -2.34. The lowest BCUT2D eigenvalue weighted by molar-refractivity contribution is -0.141. The largest absolute Gasteiger partial charge is 0.312 e. The van der Waals surface area contributed by atoms with E-state index < -0.39 is 5.91 Å². The van der Waals surface area contributed by atoms with Gasteiger partial charge >= 0.3 is 0 Å². The van der Waals surface area contributed by atoms with Gasteiger partial charge in [0.2, 0.25) is 11.8 Å². The Morgan fingerprint density at radius 2 is 1.89 bits per heavy atom. The van der Waals surface area contributed by atoms with E-state index in [2.05, 4.69) is 11.6 Å². The molecule has 0 saturated carbocycles. The van der Waals surface area contributed by atoms with Gasteiger partial charge < -0.3 is 4.57 Å². The number of rotatable bonds is 4. The topological polar surface area (TPSA) is 71.7 Å². The van der Waals surface area contributed by atoms with Gasteiger partial charge in [-0.25, -0.2) is 0 Å². The predicted octanol–water partition coefficient (Wildman–Crippen LogP) is 2.62. The zero-order valence-corrected chi connectivity index (χ0v) is 15.4. The SMILES string of the molecule is C=CCn1c(=NC(=O)CN2C(=O)CCC2=O)sc2c3ccccc3ccc21. The van der Waals surface area contributed by atoms with Crippen molar-refractivity contribution in [1.82, 2.24) is 9.47 Å². The summed E-state index contributed by atoms with van der Waals surface area (Å²) in [4.78, 5) is 41.6. The Kier molecular flexibility index (Phi) is 4.45. The molecule has 2 aromatic carbocycles. The zero-order valence-electron chi connectivity index (χ0n) is 14.6. The molecule has 0 atom stereocenters. The minimum Gasteiger partial charge on any atom is -0.312 e. The number of amides is 3. The van der Waals surface area contributed by atoms with Crippen molar-refractivity contribution in [3.63, 3.8) is 0 Å². The maximum absolute atomic E-state index is 12.4. The van der Waals surface area contributed by atoms with E-state index in [1.807, 2.05) is 41.0 Å². The second kappa shape index (κ2) is 6.92. The Morgan fingerprint density at radius 3 is 2.63 bits per heavy atom. The molecule has 6 nitrogen and oxygen atoms in total. The number of carbonyl (C=O) groups excluding carboxylic acids is 3. The van der Waals surface area contributed by atoms with Gasteiger partial charge in [-0.1, -0.05) is 47.7 Å². The first-order valence-corrected chi connectivity index (χ1v) is 9.43. The summed E-state index contributed by atoms with van der Waals surface area (Å²) in [7, 11) is 0. The number of allylic oxidation sites excluding steroid dienone is 1. The summed E-state index contributed by atoms with van der Waals surface area (Å²) in [6.07, 6.45) is 2.08. The average Bonchev–Trinajstić information content (AvgIpc) is 3.17. The van der Waals surface area contributed by atoms with Crippen molar-refractivity contribution in [3.05, 3.63) is 53.9 Å². The minimum absolute atomic E-state index is 0.164. The van der Waals surface area contributed by atoms with Crippen LogP contribution in [0.2, 0.25) is 0 Å². The van der Waals surface area contributed by atoms with E-state index in [9.17, 15) is 14.4 Å². The van der Waals surface area contributed by atoms with Crippen molar-refractivity contribution in [2.45, 2.75) is 19.4 Å². The van der Waals surface area contributed by atoms with Crippen molar-refractivity contribution in [2.75, 3.05) is 6.54 Å². The number of carbonyl (C=O) groups is 3. The smallest absolute Gasteiger partial charge is 0.268 e. The van der Waals surface area contributed by atoms with Gasteiger partial charge in [0.05, 0.1) is 10.2 Å². The first-order valence-electron chi connectivity index (χ1n) is 8.61. The molecule has 1 aromatic heterocycles. The number of fused-ring (bicyclic) bond motifs is 3. The summed E-state index contributed by atoms with van der Waals surface area (Å²) >= 11 is 1.42. The number of hydrogen-bond acceptors (Lipinski definition) is 4. The van der Waals surface area contributed by atoms with Gasteiger partial charge in [-0.2, -0.15) is 4.99 Å². The molecule has 1 aliphatic rings. The molecule has 3 aromatic rings. The van der Waals surface area contributed by atoms with Gasteiger partial charge in [0.25, 0.3) is 5.91 Å². The van der Waals surface area contributed by atoms with Gasteiger partial charge in [-0.05, 0) is 11.5 Å². The molecule has 27 heavy (non-hydrogen) atoms. The highest BCUT2D eigenvalue weighted by atomic mass is 32.1. The highest BCUT2D eigenvalue weighted by molar-refractivity contribution is 7.17. The van der Waals surface area contributed by atoms with E-state index in [0.29, 0.717) is 11.3 Å². The number of aromatic nitrogens is 1. The summed E-state index contributed by atoms with van der Waals surface area (Å²) in [5.41, 5.74) is 0.971. The van der Waals surface area contributed by atoms with Crippen LogP contribution in [0.4, 0.5) is 0 Å². The molecule has 0 unspecified atom stereocenters. The Labute approximate surface area is 159 Å². The second-order valence-electron chi connectivity index (χ2n) is 6.30. The van der Waals surface area contributed by atoms with Crippen LogP contribution in [0.5, 0.6) is 0 Å². The number of thiazole rings is 1. The van der Waals surface area contributed by atoms with Crippen LogP contribution in [0.25, 0.3) is 21.0 Å². The molecule has 0 N–H and O–H groups in total. The van der Waals surface area contributed by atoms with Crippen LogP contribution in [0.15, 0.2) is 54.0 Å². The zero-order chi connectivity index (χ0) is 19.0. The van der Waals surface area contributed by atoms with Gasteiger partial charge in [0.1, 0.15) is 6.54 Å². The molecule has 0 radical (unpaired) electrons. The molecular formula is C20H17N3O3S. The number of imide groups is 1. The Balaban J connectivity index is 1.81. The monoisotopic (exact) mass is 379 g/mol. The van der Waals surface area contributed by atoms with E-state index in [4.69, 9.17) is 0 Å². The van der Waals surface area contributed by atoms with Crippen molar-refractivity contribution in [3.8, 4) is 0 Å². The van der Waals surface area contributed by atoms with Crippen LogP contribution < -0.4 is 4.80 Å². The molecular weight excluding hydrogens is 362 g/mol. The summed E-state index contributed by atoms with van der Waals surface area (Å²) < 4.78 is 2.96. The van der Waals surface area contributed by atoms with Gasteiger partial charge in [-0.15, -0.1) is 6.58 Å². The van der Waals surface area contributed by atoms with E-state index >= 15 is 0 Å².